The lowest BCUT2D eigenvalue weighted by Gasteiger charge is -2.29. The molecule has 0 aromatic heterocycles. The Bertz CT molecular complexity index is 517. The fourth-order valence-electron chi connectivity index (χ4n) is 2.91. The molecule has 1 aromatic carbocycles. The van der Waals surface area contributed by atoms with Crippen molar-refractivity contribution in [1.29, 1.82) is 0 Å². The van der Waals surface area contributed by atoms with Gasteiger partial charge in [-0.05, 0) is 50.6 Å². The molecule has 114 valence electrons. The Morgan fingerprint density at radius 2 is 2.19 bits per heavy atom. The molecule has 21 heavy (non-hydrogen) atoms. The van der Waals surface area contributed by atoms with Crippen molar-refractivity contribution in [3.05, 3.63) is 23.8 Å². The molecule has 0 amide bonds. The Kier molecular flexibility index (Phi) is 4.41. The molecule has 1 fully saturated rings. The number of carbonyl (C=O) groups is 1. The smallest absolute Gasteiger partial charge is 0.231 e. The van der Waals surface area contributed by atoms with Gasteiger partial charge in [-0.25, -0.2) is 0 Å². The zero-order valence-electron chi connectivity index (χ0n) is 12.1. The van der Waals surface area contributed by atoms with Gasteiger partial charge in [-0.15, -0.1) is 0 Å². The highest BCUT2D eigenvalue weighted by Gasteiger charge is 2.18. The van der Waals surface area contributed by atoms with Crippen molar-refractivity contribution < 1.29 is 19.4 Å². The first-order chi connectivity index (χ1) is 10.2. The van der Waals surface area contributed by atoms with Gasteiger partial charge in [0.2, 0.25) is 6.79 Å². The summed E-state index contributed by atoms with van der Waals surface area (Å²) in [6, 6.07) is 5.34. The van der Waals surface area contributed by atoms with E-state index < -0.39 is 0 Å². The molecule has 0 aliphatic carbocycles. The number of likely N-dealkylation sites (tertiary alicyclic amines) is 1. The number of fused-ring (bicyclic) bond motifs is 1. The van der Waals surface area contributed by atoms with E-state index in [-0.39, 0.29) is 18.7 Å². The summed E-state index contributed by atoms with van der Waals surface area (Å²) < 4.78 is 10.5. The van der Waals surface area contributed by atoms with Crippen molar-refractivity contribution >= 4 is 5.78 Å². The number of ketones is 1. The first kappa shape index (κ1) is 14.4. The summed E-state index contributed by atoms with van der Waals surface area (Å²) in [5.74, 6) is 1.49. The molecule has 0 unspecified atom stereocenters. The number of piperidine rings is 1. The molecule has 0 bridgehead atoms. The van der Waals surface area contributed by atoms with E-state index in [0.29, 0.717) is 23.5 Å². The van der Waals surface area contributed by atoms with Gasteiger partial charge in [0.15, 0.2) is 17.3 Å². The maximum atomic E-state index is 12.2. The number of nitrogens with zero attached hydrogens (tertiary/aromatic N) is 1. The molecule has 2 heterocycles. The van der Waals surface area contributed by atoms with Crippen LogP contribution in [0.4, 0.5) is 0 Å². The third kappa shape index (κ3) is 3.54. The number of hydrogen-bond donors (Lipinski definition) is 1. The van der Waals surface area contributed by atoms with E-state index in [0.717, 1.165) is 38.9 Å². The second-order valence-electron chi connectivity index (χ2n) is 5.69. The van der Waals surface area contributed by atoms with Crippen molar-refractivity contribution in [1.82, 2.24) is 4.90 Å². The molecule has 0 saturated carbocycles. The van der Waals surface area contributed by atoms with Gasteiger partial charge in [0.05, 0.1) is 6.10 Å². The summed E-state index contributed by atoms with van der Waals surface area (Å²) in [5.41, 5.74) is 0.679. The van der Waals surface area contributed by atoms with Crippen LogP contribution >= 0.6 is 0 Å². The zero-order chi connectivity index (χ0) is 14.7. The summed E-state index contributed by atoms with van der Waals surface area (Å²) >= 11 is 0. The Balaban J connectivity index is 1.48. The zero-order valence-corrected chi connectivity index (χ0v) is 12.1. The van der Waals surface area contributed by atoms with Crippen LogP contribution in [0.15, 0.2) is 18.2 Å². The van der Waals surface area contributed by atoms with Crippen LogP contribution in [0, 0.1) is 0 Å². The molecule has 1 atom stereocenters. The third-order valence-corrected chi connectivity index (χ3v) is 4.05. The van der Waals surface area contributed by atoms with Crippen LogP contribution in [-0.4, -0.2) is 48.3 Å². The number of benzene rings is 1. The van der Waals surface area contributed by atoms with Crippen LogP contribution in [0.3, 0.4) is 0 Å². The predicted octanol–water partition coefficient (Wildman–Crippen LogP) is 1.83. The van der Waals surface area contributed by atoms with E-state index in [9.17, 15) is 9.90 Å². The van der Waals surface area contributed by atoms with Gasteiger partial charge in [-0.1, -0.05) is 0 Å². The Hall–Kier alpha value is -1.59. The topological polar surface area (TPSA) is 59.0 Å². The molecule has 0 radical (unpaired) electrons. The number of ether oxygens (including phenoxy) is 2. The van der Waals surface area contributed by atoms with Gasteiger partial charge in [0.1, 0.15) is 0 Å². The lowest BCUT2D eigenvalue weighted by atomic mass is 10.0. The van der Waals surface area contributed by atoms with Crippen LogP contribution < -0.4 is 9.47 Å². The molecule has 5 heteroatoms. The van der Waals surface area contributed by atoms with Crippen LogP contribution in [-0.2, 0) is 0 Å². The number of aliphatic hydroxyl groups is 1. The minimum atomic E-state index is -0.205. The van der Waals surface area contributed by atoms with E-state index >= 15 is 0 Å². The maximum Gasteiger partial charge on any atom is 0.231 e. The van der Waals surface area contributed by atoms with Crippen LogP contribution in [0.5, 0.6) is 11.5 Å². The number of carbonyl (C=O) groups excluding carboxylic acids is 1. The first-order valence-electron chi connectivity index (χ1n) is 7.55. The summed E-state index contributed by atoms with van der Waals surface area (Å²) in [6.07, 6.45) is 3.07. The largest absolute Gasteiger partial charge is 0.454 e. The average Bonchev–Trinajstić information content (AvgIpc) is 2.94. The molecule has 1 N–H and O–H groups in total. The maximum absolute atomic E-state index is 12.2. The summed E-state index contributed by atoms with van der Waals surface area (Å²) in [7, 11) is 0. The third-order valence-electron chi connectivity index (χ3n) is 4.05. The Labute approximate surface area is 124 Å². The summed E-state index contributed by atoms with van der Waals surface area (Å²) in [4.78, 5) is 14.4. The van der Waals surface area contributed by atoms with Crippen molar-refractivity contribution in [2.24, 2.45) is 0 Å². The fourth-order valence-corrected chi connectivity index (χ4v) is 2.91. The van der Waals surface area contributed by atoms with E-state index in [2.05, 4.69) is 4.90 Å². The van der Waals surface area contributed by atoms with E-state index in [1.807, 2.05) is 0 Å². The van der Waals surface area contributed by atoms with Gasteiger partial charge in [0, 0.05) is 18.5 Å². The summed E-state index contributed by atoms with van der Waals surface area (Å²) in [5, 5.41) is 9.62. The predicted molar refractivity (Wildman–Crippen MR) is 77.8 cm³/mol. The Morgan fingerprint density at radius 1 is 1.33 bits per heavy atom. The van der Waals surface area contributed by atoms with E-state index in [1.165, 1.54) is 0 Å². The summed E-state index contributed by atoms with van der Waals surface area (Å²) in [6.45, 7) is 2.85. The van der Waals surface area contributed by atoms with Gasteiger partial charge < -0.3 is 19.5 Å². The number of β-amino-alcohol motifs (C(OH)–C–C–N with tert-alkyl or cyclic N) is 1. The Morgan fingerprint density at radius 3 is 3.05 bits per heavy atom. The molecular formula is C16H21NO4. The second-order valence-corrected chi connectivity index (χ2v) is 5.69. The van der Waals surface area contributed by atoms with Gasteiger partial charge in [0.25, 0.3) is 0 Å². The highest BCUT2D eigenvalue weighted by Crippen LogP contribution is 2.32. The molecule has 3 rings (SSSR count). The molecule has 5 nitrogen and oxygen atoms in total. The van der Waals surface area contributed by atoms with Crippen molar-refractivity contribution in [3.8, 4) is 11.5 Å². The molecule has 1 aromatic rings. The highest BCUT2D eigenvalue weighted by atomic mass is 16.7. The monoisotopic (exact) mass is 291 g/mol. The first-order valence-corrected chi connectivity index (χ1v) is 7.55. The molecule has 1 saturated heterocycles. The van der Waals surface area contributed by atoms with Crippen molar-refractivity contribution in [3.63, 3.8) is 0 Å². The SMILES string of the molecule is O=C(CCCN1CCC[C@H](O)C1)c1ccc2c(c1)OCO2. The number of Topliss-reactive ketones (excluding diaryl/α,β-unsaturated/α-hetero) is 1. The fraction of sp³-hybridized carbons (Fsp3) is 0.562. The van der Waals surface area contributed by atoms with E-state index in [4.69, 9.17) is 9.47 Å². The van der Waals surface area contributed by atoms with Gasteiger partial charge in [-0.3, -0.25) is 4.79 Å². The van der Waals surface area contributed by atoms with Crippen LogP contribution in [0.2, 0.25) is 0 Å². The second kappa shape index (κ2) is 6.45. The van der Waals surface area contributed by atoms with Gasteiger partial charge >= 0.3 is 0 Å². The lowest BCUT2D eigenvalue weighted by molar-refractivity contribution is 0.0692. The number of aliphatic hydroxyl groups excluding tert-OH is 1. The van der Waals surface area contributed by atoms with Crippen molar-refractivity contribution in [2.45, 2.75) is 31.8 Å². The molecule has 0 spiro atoms. The minimum Gasteiger partial charge on any atom is -0.454 e. The lowest BCUT2D eigenvalue weighted by Crippen LogP contribution is -2.38. The van der Waals surface area contributed by atoms with Crippen molar-refractivity contribution in [2.75, 3.05) is 26.4 Å². The highest BCUT2D eigenvalue weighted by molar-refractivity contribution is 5.96. The minimum absolute atomic E-state index is 0.130. The molecule has 2 aliphatic rings. The van der Waals surface area contributed by atoms with Crippen LogP contribution in [0.1, 0.15) is 36.0 Å². The van der Waals surface area contributed by atoms with Gasteiger partial charge in [-0.2, -0.15) is 0 Å². The molecule has 2 aliphatic heterocycles. The molecular weight excluding hydrogens is 270 g/mol. The normalized spacial score (nSPS) is 21.5. The standard InChI is InChI=1S/C16H21NO4/c18-13-3-1-7-17(10-13)8-2-4-14(19)12-5-6-15-16(9-12)21-11-20-15/h5-6,9,13,18H,1-4,7-8,10-11H2/t13-/m0/s1. The average molecular weight is 291 g/mol. The quantitative estimate of drug-likeness (QED) is 0.839. The number of hydrogen-bond acceptors (Lipinski definition) is 5. The van der Waals surface area contributed by atoms with Crippen LogP contribution in [0.25, 0.3) is 0 Å². The number of rotatable bonds is 5. The van der Waals surface area contributed by atoms with E-state index in [1.54, 1.807) is 18.2 Å².